The second-order valence-corrected chi connectivity index (χ2v) is 5.67. The number of hydrogen-bond acceptors (Lipinski definition) is 1. The minimum Gasteiger partial charge on any atom is -0.338 e. The molecule has 1 aromatic carbocycles. The number of hydrogen-bond donors (Lipinski definition) is 0. The van der Waals surface area contributed by atoms with Crippen LogP contribution in [-0.2, 0) is 0 Å². The van der Waals surface area contributed by atoms with Gasteiger partial charge >= 0.3 is 0 Å². The summed E-state index contributed by atoms with van der Waals surface area (Å²) in [5.41, 5.74) is 0.584. The summed E-state index contributed by atoms with van der Waals surface area (Å²) < 4.78 is 13.0. The maximum absolute atomic E-state index is 13.0. The van der Waals surface area contributed by atoms with Crippen molar-refractivity contribution in [2.45, 2.75) is 26.7 Å². The van der Waals surface area contributed by atoms with Gasteiger partial charge in [0.1, 0.15) is 5.82 Å². The molecule has 0 N–H and O–H groups in total. The van der Waals surface area contributed by atoms with E-state index >= 15 is 0 Å². The molecular weight excluding hydrogens is 253 g/mol. The van der Waals surface area contributed by atoms with Gasteiger partial charge in [0.05, 0.1) is 10.6 Å². The number of carbonyl (C=O) groups is 1. The second kappa shape index (κ2) is 4.88. The number of benzene rings is 1. The smallest absolute Gasteiger partial charge is 0.255 e. The van der Waals surface area contributed by atoms with Crippen molar-refractivity contribution in [3.05, 3.63) is 34.6 Å². The molecule has 98 valence electrons. The predicted octanol–water partition coefficient (Wildman–Crippen LogP) is 3.74. The lowest BCUT2D eigenvalue weighted by Gasteiger charge is -2.23. The van der Waals surface area contributed by atoms with Crippen molar-refractivity contribution >= 4 is 17.5 Å². The van der Waals surface area contributed by atoms with Crippen molar-refractivity contribution in [1.29, 1.82) is 0 Å². The highest BCUT2D eigenvalue weighted by Gasteiger charge is 2.35. The van der Waals surface area contributed by atoms with Crippen LogP contribution in [0, 0.1) is 11.2 Å². The van der Waals surface area contributed by atoms with E-state index in [0.717, 1.165) is 25.9 Å². The SMILES string of the molecule is CC[C@@]1(C)CCN(C(=O)c2ccc(F)cc2Cl)C1. The zero-order chi connectivity index (χ0) is 13.3. The average Bonchev–Trinajstić information content (AvgIpc) is 2.72. The molecule has 0 radical (unpaired) electrons. The van der Waals surface area contributed by atoms with Crippen LogP contribution in [0.5, 0.6) is 0 Å². The highest BCUT2D eigenvalue weighted by Crippen LogP contribution is 2.34. The number of nitrogens with zero attached hydrogens (tertiary/aromatic N) is 1. The topological polar surface area (TPSA) is 20.3 Å². The Morgan fingerprint density at radius 2 is 2.28 bits per heavy atom. The van der Waals surface area contributed by atoms with Gasteiger partial charge in [0.2, 0.25) is 0 Å². The zero-order valence-electron chi connectivity index (χ0n) is 10.7. The molecule has 1 fully saturated rings. The Morgan fingerprint density at radius 1 is 1.56 bits per heavy atom. The standard InChI is InChI=1S/C14H17ClFNO/c1-3-14(2)6-7-17(9-14)13(18)11-5-4-10(16)8-12(11)15/h4-5,8H,3,6-7,9H2,1-2H3/t14-/m0/s1. The number of carbonyl (C=O) groups excluding carboxylic acids is 1. The lowest BCUT2D eigenvalue weighted by Crippen LogP contribution is -2.31. The van der Waals surface area contributed by atoms with E-state index in [-0.39, 0.29) is 16.3 Å². The summed E-state index contributed by atoms with van der Waals surface area (Å²) >= 11 is 5.92. The number of likely N-dealkylation sites (tertiary alicyclic amines) is 1. The van der Waals surface area contributed by atoms with Crippen LogP contribution in [0.25, 0.3) is 0 Å². The summed E-state index contributed by atoms with van der Waals surface area (Å²) in [6.07, 6.45) is 2.06. The molecule has 2 rings (SSSR count). The van der Waals surface area contributed by atoms with Crippen LogP contribution in [0.4, 0.5) is 4.39 Å². The van der Waals surface area contributed by atoms with E-state index in [0.29, 0.717) is 5.56 Å². The molecule has 0 spiro atoms. The second-order valence-electron chi connectivity index (χ2n) is 5.27. The molecule has 1 aliphatic rings. The molecule has 0 aromatic heterocycles. The third-order valence-corrected chi connectivity index (χ3v) is 4.17. The zero-order valence-corrected chi connectivity index (χ0v) is 11.4. The molecule has 0 bridgehead atoms. The predicted molar refractivity (Wildman–Crippen MR) is 70.3 cm³/mol. The Kier molecular flexibility index (Phi) is 3.62. The van der Waals surface area contributed by atoms with Gasteiger partial charge in [0.15, 0.2) is 0 Å². The molecule has 0 saturated carbocycles. The van der Waals surface area contributed by atoms with E-state index in [1.807, 2.05) is 4.90 Å². The van der Waals surface area contributed by atoms with E-state index in [9.17, 15) is 9.18 Å². The molecule has 18 heavy (non-hydrogen) atoms. The fourth-order valence-electron chi connectivity index (χ4n) is 2.32. The van der Waals surface area contributed by atoms with Gasteiger partial charge in [0, 0.05) is 13.1 Å². The van der Waals surface area contributed by atoms with Gasteiger partial charge in [-0.15, -0.1) is 0 Å². The maximum Gasteiger partial charge on any atom is 0.255 e. The van der Waals surface area contributed by atoms with Gasteiger partial charge in [-0.2, -0.15) is 0 Å². The first kappa shape index (κ1) is 13.3. The minimum absolute atomic E-state index is 0.0998. The van der Waals surface area contributed by atoms with Crippen LogP contribution >= 0.6 is 11.6 Å². The van der Waals surface area contributed by atoms with Crippen molar-refractivity contribution in [2.24, 2.45) is 5.41 Å². The van der Waals surface area contributed by atoms with Gasteiger partial charge in [0.25, 0.3) is 5.91 Å². The third-order valence-electron chi connectivity index (χ3n) is 3.86. The van der Waals surface area contributed by atoms with Crippen molar-refractivity contribution in [3.8, 4) is 0 Å². The Hall–Kier alpha value is -1.09. The fourth-order valence-corrected chi connectivity index (χ4v) is 2.57. The fraction of sp³-hybridized carbons (Fsp3) is 0.500. The monoisotopic (exact) mass is 269 g/mol. The highest BCUT2D eigenvalue weighted by molar-refractivity contribution is 6.33. The normalized spacial score (nSPS) is 23.4. The van der Waals surface area contributed by atoms with Crippen LogP contribution < -0.4 is 0 Å². The summed E-state index contributed by atoms with van der Waals surface area (Å²) in [5, 5.41) is 0.185. The number of amides is 1. The quantitative estimate of drug-likeness (QED) is 0.801. The molecule has 1 atom stereocenters. The molecule has 1 heterocycles. The number of rotatable bonds is 2. The molecule has 0 aliphatic carbocycles. The first-order chi connectivity index (χ1) is 8.45. The van der Waals surface area contributed by atoms with Gasteiger partial charge in [-0.3, -0.25) is 4.79 Å². The number of halogens is 2. The molecule has 4 heteroatoms. The molecule has 1 saturated heterocycles. The molecule has 2 nitrogen and oxygen atoms in total. The first-order valence-corrected chi connectivity index (χ1v) is 6.57. The van der Waals surface area contributed by atoms with Gasteiger partial charge in [-0.05, 0) is 36.5 Å². The Morgan fingerprint density at radius 3 is 2.83 bits per heavy atom. The van der Waals surface area contributed by atoms with Crippen LogP contribution in [-0.4, -0.2) is 23.9 Å². The van der Waals surface area contributed by atoms with E-state index in [2.05, 4.69) is 13.8 Å². The largest absolute Gasteiger partial charge is 0.338 e. The summed E-state index contributed by atoms with van der Waals surface area (Å²) in [4.78, 5) is 14.1. The van der Waals surface area contributed by atoms with Crippen molar-refractivity contribution in [1.82, 2.24) is 4.90 Å². The summed E-state index contributed by atoms with van der Waals surface area (Å²) in [6.45, 7) is 5.82. The van der Waals surface area contributed by atoms with Gasteiger partial charge < -0.3 is 4.90 Å². The van der Waals surface area contributed by atoms with Gasteiger partial charge in [-0.25, -0.2) is 4.39 Å². The summed E-state index contributed by atoms with van der Waals surface area (Å²) in [7, 11) is 0. The van der Waals surface area contributed by atoms with E-state index in [1.54, 1.807) is 0 Å². The lowest BCUT2D eigenvalue weighted by molar-refractivity contribution is 0.0775. The third kappa shape index (κ3) is 2.51. The van der Waals surface area contributed by atoms with E-state index in [1.165, 1.54) is 18.2 Å². The molecule has 0 unspecified atom stereocenters. The molecule has 1 aliphatic heterocycles. The average molecular weight is 270 g/mol. The van der Waals surface area contributed by atoms with Gasteiger partial charge in [-0.1, -0.05) is 25.4 Å². The van der Waals surface area contributed by atoms with E-state index < -0.39 is 5.82 Å². The Labute approximate surface area is 112 Å². The van der Waals surface area contributed by atoms with Crippen molar-refractivity contribution in [3.63, 3.8) is 0 Å². The molecule has 1 amide bonds. The Bertz CT molecular complexity index is 477. The molecular formula is C14H17ClFNO. The first-order valence-electron chi connectivity index (χ1n) is 6.19. The highest BCUT2D eigenvalue weighted by atomic mass is 35.5. The van der Waals surface area contributed by atoms with Crippen LogP contribution in [0.2, 0.25) is 5.02 Å². The summed E-state index contributed by atoms with van der Waals surface area (Å²) in [6, 6.07) is 3.92. The molecule has 1 aromatic rings. The lowest BCUT2D eigenvalue weighted by atomic mass is 9.87. The van der Waals surface area contributed by atoms with Crippen LogP contribution in [0.15, 0.2) is 18.2 Å². The summed E-state index contributed by atoms with van der Waals surface area (Å²) in [5.74, 6) is -0.520. The van der Waals surface area contributed by atoms with E-state index in [4.69, 9.17) is 11.6 Å². The van der Waals surface area contributed by atoms with Crippen LogP contribution in [0.1, 0.15) is 37.0 Å². The van der Waals surface area contributed by atoms with Crippen LogP contribution in [0.3, 0.4) is 0 Å². The van der Waals surface area contributed by atoms with Crippen molar-refractivity contribution < 1.29 is 9.18 Å². The maximum atomic E-state index is 13.0. The van der Waals surface area contributed by atoms with Crippen molar-refractivity contribution in [2.75, 3.05) is 13.1 Å². The Balaban J connectivity index is 2.18. The minimum atomic E-state index is -0.420.